The Morgan fingerprint density at radius 3 is 2.75 bits per heavy atom. The maximum atomic E-state index is 13.0. The van der Waals surface area contributed by atoms with Gasteiger partial charge in [-0.2, -0.15) is 0 Å². The van der Waals surface area contributed by atoms with Gasteiger partial charge in [-0.15, -0.1) is 11.8 Å². The van der Waals surface area contributed by atoms with Crippen molar-refractivity contribution in [3.05, 3.63) is 29.6 Å². The second-order valence-electron chi connectivity index (χ2n) is 4.09. The van der Waals surface area contributed by atoms with Crippen molar-refractivity contribution in [3.8, 4) is 0 Å². The highest BCUT2D eigenvalue weighted by Gasteiger charge is 2.07. The SMILES string of the molecule is CC(C)CCSc1ccc(F)cc1C(=N)N. The number of nitrogen functional groups attached to an aromatic ring is 1. The third-order valence-corrected chi connectivity index (χ3v) is 3.29. The molecule has 0 bridgehead atoms. The van der Waals surface area contributed by atoms with Gasteiger partial charge in [-0.05, 0) is 36.3 Å². The van der Waals surface area contributed by atoms with Gasteiger partial charge in [0, 0.05) is 10.5 Å². The van der Waals surface area contributed by atoms with Crippen molar-refractivity contribution in [1.82, 2.24) is 0 Å². The molecule has 1 aromatic rings. The molecule has 0 aromatic heterocycles. The minimum atomic E-state index is -0.349. The Kier molecular flexibility index (Phi) is 4.80. The molecule has 88 valence electrons. The molecule has 4 heteroatoms. The zero-order valence-corrected chi connectivity index (χ0v) is 10.4. The third kappa shape index (κ3) is 3.85. The molecule has 1 aromatic carbocycles. The van der Waals surface area contributed by atoms with Crippen LogP contribution in [0.5, 0.6) is 0 Å². The Hall–Kier alpha value is -1.03. The number of thioether (sulfide) groups is 1. The predicted octanol–water partition coefficient (Wildman–Crippen LogP) is 3.25. The summed E-state index contributed by atoms with van der Waals surface area (Å²) >= 11 is 1.62. The lowest BCUT2D eigenvalue weighted by Crippen LogP contribution is -2.12. The Balaban J connectivity index is 2.75. The molecule has 0 fully saturated rings. The van der Waals surface area contributed by atoms with E-state index >= 15 is 0 Å². The fraction of sp³-hybridized carbons (Fsp3) is 0.417. The van der Waals surface area contributed by atoms with Crippen molar-refractivity contribution in [1.29, 1.82) is 5.41 Å². The Labute approximate surface area is 99.9 Å². The molecule has 0 unspecified atom stereocenters. The van der Waals surface area contributed by atoms with Crippen LogP contribution in [0.2, 0.25) is 0 Å². The molecule has 0 amide bonds. The molecular formula is C12H17FN2S. The topological polar surface area (TPSA) is 49.9 Å². The van der Waals surface area contributed by atoms with Crippen molar-refractivity contribution in [2.75, 3.05) is 5.75 Å². The van der Waals surface area contributed by atoms with Gasteiger partial charge in [0.25, 0.3) is 0 Å². The largest absolute Gasteiger partial charge is 0.384 e. The van der Waals surface area contributed by atoms with E-state index in [-0.39, 0.29) is 11.7 Å². The fourth-order valence-corrected chi connectivity index (χ4v) is 2.54. The number of amidine groups is 1. The summed E-state index contributed by atoms with van der Waals surface area (Å²) in [6, 6.07) is 4.42. The molecule has 0 aliphatic heterocycles. The first-order valence-electron chi connectivity index (χ1n) is 5.27. The second-order valence-corrected chi connectivity index (χ2v) is 5.22. The van der Waals surface area contributed by atoms with Crippen LogP contribution in [-0.4, -0.2) is 11.6 Å². The van der Waals surface area contributed by atoms with Gasteiger partial charge < -0.3 is 5.73 Å². The molecule has 0 spiro atoms. The Bertz CT molecular complexity index is 377. The van der Waals surface area contributed by atoms with Crippen molar-refractivity contribution < 1.29 is 4.39 Å². The van der Waals surface area contributed by atoms with Crippen molar-refractivity contribution in [2.45, 2.75) is 25.2 Å². The average molecular weight is 240 g/mol. The highest BCUT2D eigenvalue weighted by molar-refractivity contribution is 7.99. The van der Waals surface area contributed by atoms with E-state index in [1.165, 1.54) is 12.1 Å². The molecule has 0 radical (unpaired) electrons. The molecule has 3 N–H and O–H groups in total. The first-order valence-corrected chi connectivity index (χ1v) is 6.26. The fourth-order valence-electron chi connectivity index (χ4n) is 1.24. The smallest absolute Gasteiger partial charge is 0.124 e. The third-order valence-electron chi connectivity index (χ3n) is 2.18. The van der Waals surface area contributed by atoms with Crippen LogP contribution < -0.4 is 5.73 Å². The first kappa shape index (κ1) is 13.0. The maximum absolute atomic E-state index is 13.0. The number of nitrogens with one attached hydrogen (secondary N) is 1. The Morgan fingerprint density at radius 1 is 1.50 bits per heavy atom. The number of hydrogen-bond acceptors (Lipinski definition) is 2. The molecule has 0 saturated heterocycles. The van der Waals surface area contributed by atoms with E-state index in [0.29, 0.717) is 11.5 Å². The van der Waals surface area contributed by atoms with E-state index in [4.69, 9.17) is 11.1 Å². The van der Waals surface area contributed by atoms with E-state index in [0.717, 1.165) is 17.1 Å². The molecule has 0 aliphatic rings. The number of rotatable bonds is 5. The number of halogens is 1. The molecule has 0 saturated carbocycles. The lowest BCUT2D eigenvalue weighted by atomic mass is 10.2. The van der Waals surface area contributed by atoms with Crippen LogP contribution in [-0.2, 0) is 0 Å². The van der Waals surface area contributed by atoms with Gasteiger partial charge in [0.2, 0.25) is 0 Å². The van der Waals surface area contributed by atoms with Gasteiger partial charge in [0.15, 0.2) is 0 Å². The van der Waals surface area contributed by atoms with Gasteiger partial charge in [0.1, 0.15) is 11.7 Å². The maximum Gasteiger partial charge on any atom is 0.124 e. The highest BCUT2D eigenvalue weighted by atomic mass is 32.2. The summed E-state index contributed by atoms with van der Waals surface area (Å²) in [5.41, 5.74) is 5.91. The summed E-state index contributed by atoms with van der Waals surface area (Å²) in [6.07, 6.45) is 1.10. The van der Waals surface area contributed by atoms with E-state index in [1.807, 2.05) is 0 Å². The zero-order valence-electron chi connectivity index (χ0n) is 9.59. The zero-order chi connectivity index (χ0) is 12.1. The molecule has 1 rings (SSSR count). The van der Waals surface area contributed by atoms with Gasteiger partial charge in [-0.3, -0.25) is 5.41 Å². The van der Waals surface area contributed by atoms with Crippen molar-refractivity contribution in [2.24, 2.45) is 11.7 Å². The van der Waals surface area contributed by atoms with Gasteiger partial charge >= 0.3 is 0 Å². The lowest BCUT2D eigenvalue weighted by molar-refractivity contribution is 0.625. The van der Waals surface area contributed by atoms with E-state index in [1.54, 1.807) is 17.8 Å². The highest BCUT2D eigenvalue weighted by Crippen LogP contribution is 2.25. The van der Waals surface area contributed by atoms with E-state index < -0.39 is 0 Å². The minimum Gasteiger partial charge on any atom is -0.384 e. The summed E-state index contributed by atoms with van der Waals surface area (Å²) in [6.45, 7) is 4.33. The normalized spacial score (nSPS) is 10.8. The minimum absolute atomic E-state index is 0.0773. The number of benzene rings is 1. The summed E-state index contributed by atoms with van der Waals surface area (Å²) in [7, 11) is 0. The second kappa shape index (κ2) is 5.89. The molecule has 0 atom stereocenters. The summed E-state index contributed by atoms with van der Waals surface area (Å²) in [4.78, 5) is 0.884. The van der Waals surface area contributed by atoms with E-state index in [2.05, 4.69) is 13.8 Å². The van der Waals surface area contributed by atoms with Crippen LogP contribution in [0.1, 0.15) is 25.8 Å². The molecule has 16 heavy (non-hydrogen) atoms. The first-order chi connectivity index (χ1) is 7.50. The molecule has 0 heterocycles. The number of nitrogens with two attached hydrogens (primary N) is 1. The van der Waals surface area contributed by atoms with Crippen LogP contribution in [0.15, 0.2) is 23.1 Å². The molecular weight excluding hydrogens is 223 g/mol. The molecule has 0 aliphatic carbocycles. The van der Waals surface area contributed by atoms with Gasteiger partial charge in [-0.1, -0.05) is 13.8 Å². The standard InChI is InChI=1S/C12H17FN2S/c1-8(2)5-6-16-11-4-3-9(13)7-10(11)12(14)15/h3-4,7-8H,5-6H2,1-2H3,(H3,14,15). The van der Waals surface area contributed by atoms with Crippen LogP contribution in [0.25, 0.3) is 0 Å². The van der Waals surface area contributed by atoms with Crippen LogP contribution in [0.4, 0.5) is 4.39 Å². The van der Waals surface area contributed by atoms with Crippen LogP contribution in [0, 0.1) is 17.1 Å². The monoisotopic (exact) mass is 240 g/mol. The van der Waals surface area contributed by atoms with Gasteiger partial charge in [0.05, 0.1) is 0 Å². The summed E-state index contributed by atoms with van der Waals surface area (Å²) in [5.74, 6) is 1.18. The lowest BCUT2D eigenvalue weighted by Gasteiger charge is -2.09. The van der Waals surface area contributed by atoms with Crippen LogP contribution >= 0.6 is 11.8 Å². The predicted molar refractivity (Wildman–Crippen MR) is 67.6 cm³/mol. The molecule has 2 nitrogen and oxygen atoms in total. The van der Waals surface area contributed by atoms with Crippen LogP contribution in [0.3, 0.4) is 0 Å². The summed E-state index contributed by atoms with van der Waals surface area (Å²) < 4.78 is 13.0. The summed E-state index contributed by atoms with van der Waals surface area (Å²) in [5, 5.41) is 7.39. The number of hydrogen-bond donors (Lipinski definition) is 2. The van der Waals surface area contributed by atoms with E-state index in [9.17, 15) is 4.39 Å². The van der Waals surface area contributed by atoms with Crippen molar-refractivity contribution >= 4 is 17.6 Å². The average Bonchev–Trinajstić information content (AvgIpc) is 2.19. The quantitative estimate of drug-likeness (QED) is 0.471. The van der Waals surface area contributed by atoms with Gasteiger partial charge in [-0.25, -0.2) is 4.39 Å². The Morgan fingerprint density at radius 2 is 2.19 bits per heavy atom. The van der Waals surface area contributed by atoms with Crippen molar-refractivity contribution in [3.63, 3.8) is 0 Å².